The Kier molecular flexibility index (Phi) is 8.79. The molecule has 4 aromatic heterocycles. The van der Waals surface area contributed by atoms with Crippen molar-refractivity contribution in [3.63, 3.8) is 0 Å². The van der Waals surface area contributed by atoms with Crippen molar-refractivity contribution in [2.24, 2.45) is 0 Å². The standard InChI is InChI=1S/C63H40N6/c1-4-20-41(21-5-1)43-24-18-26-45(38-43)61-64-62(46-27-19-25-44(39-46)42-22-6-2-7-23-42)66-63(65-61)69-55-36-16-12-32-50(55)52-40-57(68-53-34-14-10-30-48(53)49-31-11-15-35-54(49)68)58-51-33-13-17-37-56(51)67(60(58)59(52)69)47-28-8-3-9-29-47/h1-40H. The summed E-state index contributed by atoms with van der Waals surface area (Å²) < 4.78 is 7.20. The largest absolute Gasteiger partial charge is 0.309 e. The van der Waals surface area contributed by atoms with Crippen molar-refractivity contribution in [3.05, 3.63) is 243 Å². The van der Waals surface area contributed by atoms with E-state index >= 15 is 0 Å². The molecule has 0 spiro atoms. The molecule has 4 heterocycles. The van der Waals surface area contributed by atoms with Gasteiger partial charge in [-0.15, -0.1) is 0 Å². The normalized spacial score (nSPS) is 11.8. The Balaban J connectivity index is 1.14. The zero-order valence-electron chi connectivity index (χ0n) is 37.3. The van der Waals surface area contributed by atoms with Crippen LogP contribution in [0.4, 0.5) is 0 Å². The minimum atomic E-state index is 0.534. The molecule has 0 saturated heterocycles. The maximum Gasteiger partial charge on any atom is 0.238 e. The summed E-state index contributed by atoms with van der Waals surface area (Å²) in [6.45, 7) is 0. The van der Waals surface area contributed by atoms with Gasteiger partial charge in [0.15, 0.2) is 11.6 Å². The van der Waals surface area contributed by atoms with Crippen LogP contribution < -0.4 is 0 Å². The Morgan fingerprint density at radius 1 is 0.261 bits per heavy atom. The Labute approximate surface area is 397 Å². The summed E-state index contributed by atoms with van der Waals surface area (Å²) in [7, 11) is 0. The smallest absolute Gasteiger partial charge is 0.238 e. The van der Waals surface area contributed by atoms with Gasteiger partial charge in [0.1, 0.15) is 0 Å². The molecule has 322 valence electrons. The van der Waals surface area contributed by atoms with E-state index in [9.17, 15) is 0 Å². The summed E-state index contributed by atoms with van der Waals surface area (Å²) in [5.41, 5.74) is 14.9. The molecule has 6 nitrogen and oxygen atoms in total. The van der Waals surface area contributed by atoms with E-state index in [-0.39, 0.29) is 0 Å². The fourth-order valence-corrected chi connectivity index (χ4v) is 10.6. The van der Waals surface area contributed by atoms with Crippen LogP contribution in [0.3, 0.4) is 0 Å². The molecule has 0 aliphatic heterocycles. The fourth-order valence-electron chi connectivity index (χ4n) is 10.6. The lowest BCUT2D eigenvalue weighted by atomic mass is 10.0. The van der Waals surface area contributed by atoms with Gasteiger partial charge in [-0.3, -0.25) is 4.57 Å². The van der Waals surface area contributed by atoms with E-state index in [0.717, 1.165) is 99.4 Å². The molecule has 0 bridgehead atoms. The summed E-state index contributed by atoms with van der Waals surface area (Å²) in [5.74, 6) is 1.71. The van der Waals surface area contributed by atoms with Crippen LogP contribution in [0.5, 0.6) is 0 Å². The molecule has 0 unspecified atom stereocenters. The average molecular weight is 881 g/mol. The molecule has 0 fully saturated rings. The van der Waals surface area contributed by atoms with Gasteiger partial charge in [0.25, 0.3) is 0 Å². The van der Waals surface area contributed by atoms with E-state index in [1.807, 2.05) is 12.1 Å². The van der Waals surface area contributed by atoms with E-state index < -0.39 is 0 Å². The third kappa shape index (κ3) is 6.16. The second-order valence-electron chi connectivity index (χ2n) is 17.6. The highest BCUT2D eigenvalue weighted by Crippen LogP contribution is 2.46. The number of para-hydroxylation sites is 5. The number of aromatic nitrogens is 6. The van der Waals surface area contributed by atoms with Gasteiger partial charge in [0.05, 0.1) is 38.8 Å². The first-order valence-corrected chi connectivity index (χ1v) is 23.4. The van der Waals surface area contributed by atoms with E-state index in [1.54, 1.807) is 0 Å². The molecule has 0 atom stereocenters. The highest BCUT2D eigenvalue weighted by molar-refractivity contribution is 6.27. The van der Waals surface area contributed by atoms with Crippen LogP contribution >= 0.6 is 0 Å². The van der Waals surface area contributed by atoms with Crippen molar-refractivity contribution in [1.29, 1.82) is 0 Å². The van der Waals surface area contributed by atoms with E-state index in [4.69, 9.17) is 15.0 Å². The molecule has 0 aliphatic carbocycles. The molecule has 0 aliphatic rings. The lowest BCUT2D eigenvalue weighted by Gasteiger charge is -2.16. The summed E-state index contributed by atoms with van der Waals surface area (Å²) in [6, 6.07) is 86.2. The highest BCUT2D eigenvalue weighted by Gasteiger charge is 2.27. The Morgan fingerprint density at radius 3 is 1.20 bits per heavy atom. The summed E-state index contributed by atoms with van der Waals surface area (Å²) >= 11 is 0. The Morgan fingerprint density at radius 2 is 0.667 bits per heavy atom. The third-order valence-corrected chi connectivity index (χ3v) is 13.7. The van der Waals surface area contributed by atoms with Crippen molar-refractivity contribution in [2.45, 2.75) is 0 Å². The SMILES string of the molecule is c1ccc(-c2cccc(-c3nc(-c4cccc(-c5ccccc5)c4)nc(-n4c5ccccc5c5cc(-n6c7ccccc7c7ccccc76)c6c7ccccc7n(-c7ccccc7)c6c54)n3)c2)cc1. The monoisotopic (exact) mass is 880 g/mol. The zero-order chi connectivity index (χ0) is 45.4. The van der Waals surface area contributed by atoms with Crippen LogP contribution in [0.1, 0.15) is 0 Å². The van der Waals surface area contributed by atoms with Crippen LogP contribution in [-0.4, -0.2) is 28.7 Å². The minimum absolute atomic E-state index is 0.534. The molecule has 0 saturated carbocycles. The number of benzene rings is 10. The number of fused-ring (bicyclic) bond motifs is 10. The van der Waals surface area contributed by atoms with Gasteiger partial charge < -0.3 is 9.13 Å². The van der Waals surface area contributed by atoms with Crippen molar-refractivity contribution < 1.29 is 0 Å². The van der Waals surface area contributed by atoms with Gasteiger partial charge in [-0.05, 0) is 76.9 Å². The number of hydrogen-bond acceptors (Lipinski definition) is 3. The first kappa shape index (κ1) is 38.8. The predicted octanol–water partition coefficient (Wildman–Crippen LogP) is 15.8. The second kappa shape index (κ2) is 15.6. The minimum Gasteiger partial charge on any atom is -0.309 e. The second-order valence-corrected chi connectivity index (χ2v) is 17.6. The lowest BCUT2D eigenvalue weighted by Crippen LogP contribution is -2.07. The summed E-state index contributed by atoms with van der Waals surface area (Å²) in [5, 5.41) is 6.91. The van der Waals surface area contributed by atoms with E-state index in [0.29, 0.717) is 17.6 Å². The van der Waals surface area contributed by atoms with Crippen molar-refractivity contribution in [1.82, 2.24) is 28.7 Å². The Bertz CT molecular complexity index is 4140. The fraction of sp³-hybridized carbons (Fsp3) is 0. The summed E-state index contributed by atoms with van der Waals surface area (Å²) in [6.07, 6.45) is 0. The van der Waals surface area contributed by atoms with Crippen LogP contribution in [0, 0.1) is 0 Å². The number of rotatable bonds is 7. The van der Waals surface area contributed by atoms with Crippen LogP contribution in [0.15, 0.2) is 243 Å². The molecule has 10 aromatic carbocycles. The highest BCUT2D eigenvalue weighted by atomic mass is 15.2. The summed E-state index contributed by atoms with van der Waals surface area (Å²) in [4.78, 5) is 16.4. The predicted molar refractivity (Wildman–Crippen MR) is 285 cm³/mol. The topological polar surface area (TPSA) is 53.5 Å². The van der Waals surface area contributed by atoms with Crippen molar-refractivity contribution in [2.75, 3.05) is 0 Å². The average Bonchev–Trinajstić information content (AvgIpc) is 4.08. The van der Waals surface area contributed by atoms with Gasteiger partial charge >= 0.3 is 0 Å². The molecule has 0 N–H and O–H groups in total. The third-order valence-electron chi connectivity index (χ3n) is 13.7. The van der Waals surface area contributed by atoms with Gasteiger partial charge in [0.2, 0.25) is 5.95 Å². The molecule has 14 rings (SSSR count). The molecule has 6 heteroatoms. The quantitative estimate of drug-likeness (QED) is 0.160. The van der Waals surface area contributed by atoms with E-state index in [2.05, 4.69) is 244 Å². The van der Waals surface area contributed by atoms with Gasteiger partial charge in [-0.2, -0.15) is 9.97 Å². The van der Waals surface area contributed by atoms with Crippen LogP contribution in [-0.2, 0) is 0 Å². The zero-order valence-corrected chi connectivity index (χ0v) is 37.3. The molecule has 0 amide bonds. The molecular weight excluding hydrogens is 841 g/mol. The number of hydrogen-bond donors (Lipinski definition) is 0. The molecular formula is C63H40N6. The van der Waals surface area contributed by atoms with Crippen molar-refractivity contribution >= 4 is 65.4 Å². The van der Waals surface area contributed by atoms with E-state index in [1.165, 1.54) is 10.8 Å². The lowest BCUT2D eigenvalue weighted by molar-refractivity contribution is 0.953. The van der Waals surface area contributed by atoms with Crippen molar-refractivity contribution in [3.8, 4) is 62.4 Å². The number of nitrogens with zero attached hydrogens (tertiary/aromatic N) is 6. The van der Waals surface area contributed by atoms with Gasteiger partial charge in [-0.25, -0.2) is 4.98 Å². The first-order chi connectivity index (χ1) is 34.2. The molecule has 0 radical (unpaired) electrons. The van der Waals surface area contributed by atoms with Gasteiger partial charge in [-0.1, -0.05) is 188 Å². The maximum atomic E-state index is 5.53. The van der Waals surface area contributed by atoms with Crippen LogP contribution in [0.25, 0.3) is 128 Å². The molecule has 14 aromatic rings. The first-order valence-electron chi connectivity index (χ1n) is 23.4. The Hall–Kier alpha value is -9.39. The molecule has 69 heavy (non-hydrogen) atoms. The maximum absolute atomic E-state index is 5.53. The van der Waals surface area contributed by atoms with Crippen LogP contribution in [0.2, 0.25) is 0 Å². The van der Waals surface area contributed by atoms with Gasteiger partial charge in [0, 0.05) is 49.1 Å².